The fourth-order valence-electron chi connectivity index (χ4n) is 1.76. The van der Waals surface area contributed by atoms with Crippen LogP contribution >= 0.6 is 11.6 Å². The molecule has 2 rings (SSSR count). The summed E-state index contributed by atoms with van der Waals surface area (Å²) in [6, 6.07) is 0. The lowest BCUT2D eigenvalue weighted by atomic mass is 10.1. The highest BCUT2D eigenvalue weighted by Crippen LogP contribution is 2.21. The SMILES string of the molecule is CNc1nc(Cl)nc(N2CCC(CO)C2)n1. The molecular formula is C9H14ClN5O. The zero-order valence-electron chi connectivity index (χ0n) is 9.02. The molecule has 0 saturated carbocycles. The topological polar surface area (TPSA) is 74.2 Å². The summed E-state index contributed by atoms with van der Waals surface area (Å²) in [5, 5.41) is 12.1. The van der Waals surface area contributed by atoms with Crippen molar-refractivity contribution in [2.75, 3.05) is 37.0 Å². The summed E-state index contributed by atoms with van der Waals surface area (Å²) >= 11 is 5.80. The number of aromatic nitrogens is 3. The molecule has 0 radical (unpaired) electrons. The van der Waals surface area contributed by atoms with Crippen LogP contribution in [0.15, 0.2) is 0 Å². The fourth-order valence-corrected chi connectivity index (χ4v) is 1.91. The quantitative estimate of drug-likeness (QED) is 0.800. The van der Waals surface area contributed by atoms with Gasteiger partial charge in [-0.3, -0.25) is 0 Å². The zero-order valence-corrected chi connectivity index (χ0v) is 9.78. The van der Waals surface area contributed by atoms with Crippen LogP contribution in [0.25, 0.3) is 0 Å². The maximum absolute atomic E-state index is 9.07. The molecule has 1 aliphatic rings. The molecule has 0 aromatic carbocycles. The van der Waals surface area contributed by atoms with Crippen LogP contribution in [0.1, 0.15) is 6.42 Å². The molecule has 1 saturated heterocycles. The zero-order chi connectivity index (χ0) is 11.5. The number of aliphatic hydroxyl groups is 1. The van der Waals surface area contributed by atoms with Gasteiger partial charge in [-0.2, -0.15) is 15.0 Å². The Balaban J connectivity index is 2.17. The van der Waals surface area contributed by atoms with E-state index in [1.165, 1.54) is 0 Å². The minimum atomic E-state index is 0.182. The Labute approximate surface area is 98.7 Å². The molecule has 1 unspecified atom stereocenters. The maximum Gasteiger partial charge on any atom is 0.231 e. The van der Waals surface area contributed by atoms with Gasteiger partial charge in [-0.15, -0.1) is 0 Å². The summed E-state index contributed by atoms with van der Waals surface area (Å²) in [5.41, 5.74) is 0. The van der Waals surface area contributed by atoms with Gasteiger partial charge >= 0.3 is 0 Å². The molecule has 88 valence electrons. The smallest absolute Gasteiger partial charge is 0.231 e. The summed E-state index contributed by atoms with van der Waals surface area (Å²) in [5.74, 6) is 1.33. The Bertz CT molecular complexity index is 375. The Morgan fingerprint density at radius 3 is 2.94 bits per heavy atom. The molecule has 1 aromatic heterocycles. The van der Waals surface area contributed by atoms with Crippen molar-refractivity contribution in [2.24, 2.45) is 5.92 Å². The summed E-state index contributed by atoms with van der Waals surface area (Å²) in [6.07, 6.45) is 0.953. The molecule has 0 amide bonds. The molecule has 2 heterocycles. The van der Waals surface area contributed by atoms with Crippen LogP contribution in [-0.4, -0.2) is 46.8 Å². The molecule has 0 spiro atoms. The van der Waals surface area contributed by atoms with Crippen molar-refractivity contribution in [1.29, 1.82) is 0 Å². The highest BCUT2D eigenvalue weighted by Gasteiger charge is 2.24. The van der Waals surface area contributed by atoms with Gasteiger partial charge < -0.3 is 15.3 Å². The summed E-state index contributed by atoms with van der Waals surface area (Å²) in [6.45, 7) is 1.81. The molecule has 0 bridgehead atoms. The molecule has 2 N–H and O–H groups in total. The van der Waals surface area contributed by atoms with Crippen molar-refractivity contribution in [1.82, 2.24) is 15.0 Å². The van der Waals surface area contributed by atoms with Gasteiger partial charge in [0.15, 0.2) is 0 Å². The lowest BCUT2D eigenvalue weighted by molar-refractivity contribution is 0.238. The van der Waals surface area contributed by atoms with E-state index >= 15 is 0 Å². The van der Waals surface area contributed by atoms with Gasteiger partial charge in [0.05, 0.1) is 0 Å². The van der Waals surface area contributed by atoms with Gasteiger partial charge in [-0.25, -0.2) is 0 Å². The third kappa shape index (κ3) is 2.33. The number of hydrogen-bond acceptors (Lipinski definition) is 6. The van der Waals surface area contributed by atoms with Gasteiger partial charge in [0.2, 0.25) is 17.2 Å². The van der Waals surface area contributed by atoms with Crippen molar-refractivity contribution in [3.63, 3.8) is 0 Å². The van der Waals surface area contributed by atoms with E-state index in [1.54, 1.807) is 7.05 Å². The monoisotopic (exact) mass is 243 g/mol. The molecule has 1 atom stereocenters. The number of rotatable bonds is 3. The molecule has 1 fully saturated rings. The van der Waals surface area contributed by atoms with Crippen molar-refractivity contribution in [3.8, 4) is 0 Å². The Kier molecular flexibility index (Phi) is 3.40. The Hall–Kier alpha value is -1.14. The Morgan fingerprint density at radius 1 is 1.50 bits per heavy atom. The molecule has 7 heteroatoms. The third-order valence-electron chi connectivity index (χ3n) is 2.65. The average Bonchev–Trinajstić information content (AvgIpc) is 2.76. The first-order valence-corrected chi connectivity index (χ1v) is 5.56. The Morgan fingerprint density at radius 2 is 2.31 bits per heavy atom. The summed E-state index contributed by atoms with van der Waals surface area (Å²) in [4.78, 5) is 14.2. The van der Waals surface area contributed by atoms with Crippen molar-refractivity contribution < 1.29 is 5.11 Å². The lowest BCUT2D eigenvalue weighted by Gasteiger charge is -2.16. The largest absolute Gasteiger partial charge is 0.396 e. The molecule has 1 aromatic rings. The van der Waals surface area contributed by atoms with E-state index in [0.29, 0.717) is 17.8 Å². The summed E-state index contributed by atoms with van der Waals surface area (Å²) < 4.78 is 0. The number of nitrogens with zero attached hydrogens (tertiary/aromatic N) is 4. The molecule has 0 aliphatic carbocycles. The fraction of sp³-hybridized carbons (Fsp3) is 0.667. The normalized spacial score (nSPS) is 20.2. The second-order valence-electron chi connectivity index (χ2n) is 3.76. The van der Waals surface area contributed by atoms with Gasteiger partial charge in [-0.05, 0) is 18.0 Å². The van der Waals surface area contributed by atoms with Crippen molar-refractivity contribution in [3.05, 3.63) is 5.28 Å². The first-order chi connectivity index (χ1) is 7.72. The lowest BCUT2D eigenvalue weighted by Crippen LogP contribution is -2.23. The van der Waals surface area contributed by atoms with Gasteiger partial charge in [0, 0.05) is 32.7 Å². The van der Waals surface area contributed by atoms with E-state index in [4.69, 9.17) is 16.7 Å². The first-order valence-electron chi connectivity index (χ1n) is 5.18. The first kappa shape index (κ1) is 11.3. The predicted molar refractivity (Wildman–Crippen MR) is 61.8 cm³/mol. The van der Waals surface area contributed by atoms with Crippen LogP contribution in [0, 0.1) is 5.92 Å². The minimum Gasteiger partial charge on any atom is -0.396 e. The van der Waals surface area contributed by atoms with Crippen LogP contribution in [-0.2, 0) is 0 Å². The second kappa shape index (κ2) is 4.80. The average molecular weight is 244 g/mol. The molecule has 16 heavy (non-hydrogen) atoms. The molecule has 6 nitrogen and oxygen atoms in total. The van der Waals surface area contributed by atoms with Crippen LogP contribution in [0.3, 0.4) is 0 Å². The van der Waals surface area contributed by atoms with E-state index in [2.05, 4.69) is 20.3 Å². The van der Waals surface area contributed by atoms with E-state index in [-0.39, 0.29) is 11.9 Å². The highest BCUT2D eigenvalue weighted by molar-refractivity contribution is 6.28. The minimum absolute atomic E-state index is 0.182. The van der Waals surface area contributed by atoms with E-state index in [1.807, 2.05) is 4.90 Å². The number of nitrogens with one attached hydrogen (secondary N) is 1. The second-order valence-corrected chi connectivity index (χ2v) is 4.10. The number of aliphatic hydroxyl groups excluding tert-OH is 1. The molecular weight excluding hydrogens is 230 g/mol. The number of hydrogen-bond donors (Lipinski definition) is 2. The van der Waals surface area contributed by atoms with Gasteiger partial charge in [-0.1, -0.05) is 0 Å². The van der Waals surface area contributed by atoms with E-state index in [0.717, 1.165) is 19.5 Å². The van der Waals surface area contributed by atoms with Gasteiger partial charge in [0.25, 0.3) is 0 Å². The van der Waals surface area contributed by atoms with Crippen LogP contribution < -0.4 is 10.2 Å². The van der Waals surface area contributed by atoms with Crippen molar-refractivity contribution >= 4 is 23.5 Å². The third-order valence-corrected chi connectivity index (χ3v) is 2.82. The van der Waals surface area contributed by atoms with E-state index in [9.17, 15) is 0 Å². The van der Waals surface area contributed by atoms with Crippen LogP contribution in [0.5, 0.6) is 0 Å². The van der Waals surface area contributed by atoms with Crippen LogP contribution in [0.4, 0.5) is 11.9 Å². The maximum atomic E-state index is 9.07. The summed E-state index contributed by atoms with van der Waals surface area (Å²) in [7, 11) is 1.73. The number of halogens is 1. The van der Waals surface area contributed by atoms with Crippen molar-refractivity contribution in [2.45, 2.75) is 6.42 Å². The highest BCUT2D eigenvalue weighted by atomic mass is 35.5. The van der Waals surface area contributed by atoms with Gasteiger partial charge in [0.1, 0.15) is 0 Å². The van der Waals surface area contributed by atoms with Crippen LogP contribution in [0.2, 0.25) is 5.28 Å². The van der Waals surface area contributed by atoms with E-state index < -0.39 is 0 Å². The number of anilines is 2. The predicted octanol–water partition coefficient (Wildman–Crippen LogP) is 0.385. The standard InChI is InChI=1S/C9H14ClN5O/c1-11-8-12-7(10)13-9(14-8)15-3-2-6(4-15)5-16/h6,16H,2-5H2,1H3,(H,11,12,13,14). The molecule has 1 aliphatic heterocycles.